The Kier molecular flexibility index (Phi) is 7.13. The van der Waals surface area contributed by atoms with Gasteiger partial charge in [-0.15, -0.1) is 0 Å². The van der Waals surface area contributed by atoms with Crippen molar-refractivity contribution in [1.29, 1.82) is 0 Å². The monoisotopic (exact) mass is 413 g/mol. The van der Waals surface area contributed by atoms with Gasteiger partial charge in [-0.3, -0.25) is 19.8 Å². The predicted octanol–water partition coefficient (Wildman–Crippen LogP) is 2.76. The predicted molar refractivity (Wildman–Crippen MR) is 101 cm³/mol. The molecule has 0 aromatic heterocycles. The van der Waals surface area contributed by atoms with Gasteiger partial charge < -0.3 is 9.90 Å². The molecule has 26 heavy (non-hydrogen) atoms. The van der Waals surface area contributed by atoms with Crippen molar-refractivity contribution in [1.82, 2.24) is 4.90 Å². The van der Waals surface area contributed by atoms with Gasteiger partial charge in [0.1, 0.15) is 9.34 Å². The molecule has 1 fully saturated rings. The van der Waals surface area contributed by atoms with E-state index in [0.717, 1.165) is 11.8 Å². The molecule has 0 bridgehead atoms. The van der Waals surface area contributed by atoms with Crippen LogP contribution in [-0.4, -0.2) is 32.6 Å². The van der Waals surface area contributed by atoms with E-state index in [-0.39, 0.29) is 23.0 Å². The van der Waals surface area contributed by atoms with Crippen molar-refractivity contribution >= 4 is 63.5 Å². The van der Waals surface area contributed by atoms with Gasteiger partial charge in [-0.2, -0.15) is 0 Å². The summed E-state index contributed by atoms with van der Waals surface area (Å²) in [6.07, 6.45) is 3.29. The Morgan fingerprint density at radius 3 is 2.73 bits per heavy atom. The molecule has 0 unspecified atom stereocenters. The molecule has 1 amide bonds. The second-order valence-corrected chi connectivity index (χ2v) is 7.57. The van der Waals surface area contributed by atoms with E-state index in [1.54, 1.807) is 12.1 Å². The highest BCUT2D eigenvalue weighted by Crippen LogP contribution is 2.34. The Hall–Kier alpha value is -1.97. The van der Waals surface area contributed by atoms with Crippen LogP contribution in [0.25, 0.3) is 6.08 Å². The molecule has 1 aliphatic rings. The van der Waals surface area contributed by atoms with Crippen LogP contribution in [0.4, 0.5) is 5.69 Å². The summed E-state index contributed by atoms with van der Waals surface area (Å²) >= 11 is 12.1. The molecule has 10 heteroatoms. The fourth-order valence-corrected chi connectivity index (χ4v) is 3.81. The van der Waals surface area contributed by atoms with Gasteiger partial charge in [-0.05, 0) is 37.0 Å². The third-order valence-corrected chi connectivity index (χ3v) is 5.30. The number of carbonyl (C=O) groups excluding carboxylic acids is 2. The second-order valence-electron chi connectivity index (χ2n) is 5.48. The molecular weight excluding hydrogens is 400 g/mol. The van der Waals surface area contributed by atoms with Gasteiger partial charge in [0.25, 0.3) is 11.6 Å². The van der Waals surface area contributed by atoms with Crippen LogP contribution in [0.5, 0.6) is 0 Å². The molecule has 0 radical (unpaired) electrons. The van der Waals surface area contributed by atoms with Gasteiger partial charge in [0.05, 0.1) is 9.83 Å². The van der Waals surface area contributed by atoms with E-state index < -0.39 is 10.9 Å². The van der Waals surface area contributed by atoms with E-state index in [4.69, 9.17) is 23.8 Å². The van der Waals surface area contributed by atoms with Crippen LogP contribution in [0, 0.1) is 10.1 Å². The van der Waals surface area contributed by atoms with Gasteiger partial charge in [-0.25, -0.2) is 0 Å². The average molecular weight is 414 g/mol. The molecule has 1 heterocycles. The standard InChI is InChI=1S/C16H15ClN2O5S2/c17-11-6-5-10(8-12(11)19(23)24)9-13-15(22)18(16(25)26-13)7-3-1-2-4-14(20)21/h5-6,8-9H,1-4,7H2,(H,20,21)/p-1. The number of thioether (sulfide) groups is 1. The summed E-state index contributed by atoms with van der Waals surface area (Å²) in [4.78, 5) is 35.0. The topological polar surface area (TPSA) is 104 Å². The lowest BCUT2D eigenvalue weighted by atomic mass is 10.1. The van der Waals surface area contributed by atoms with Crippen LogP contribution in [0.2, 0.25) is 5.02 Å². The fraction of sp³-hybridized carbons (Fsp3) is 0.312. The number of amides is 1. The summed E-state index contributed by atoms with van der Waals surface area (Å²) in [5.41, 5.74) is 0.249. The number of nitro groups is 1. The lowest BCUT2D eigenvalue weighted by molar-refractivity contribution is -0.384. The number of thiocarbonyl (C=S) groups is 1. The van der Waals surface area contributed by atoms with Crippen LogP contribution >= 0.6 is 35.6 Å². The number of hydrogen-bond donors (Lipinski definition) is 0. The molecule has 1 aliphatic heterocycles. The lowest BCUT2D eigenvalue weighted by Crippen LogP contribution is -2.29. The number of rotatable bonds is 8. The molecule has 0 saturated carbocycles. The second kappa shape index (κ2) is 9.11. The zero-order chi connectivity index (χ0) is 19.3. The van der Waals surface area contributed by atoms with Crippen molar-refractivity contribution in [3.05, 3.63) is 43.8 Å². The number of carbonyl (C=O) groups is 2. The number of halogens is 1. The third-order valence-electron chi connectivity index (χ3n) is 3.60. The lowest BCUT2D eigenvalue weighted by Gasteiger charge is -2.14. The van der Waals surface area contributed by atoms with Crippen LogP contribution < -0.4 is 5.11 Å². The Bertz CT molecular complexity index is 797. The number of nitrogens with zero attached hydrogens (tertiary/aromatic N) is 2. The highest BCUT2D eigenvalue weighted by molar-refractivity contribution is 8.26. The first-order chi connectivity index (χ1) is 12.3. The van der Waals surface area contributed by atoms with Gasteiger partial charge in [0.15, 0.2) is 0 Å². The molecule has 1 saturated heterocycles. The van der Waals surface area contributed by atoms with E-state index >= 15 is 0 Å². The van der Waals surface area contributed by atoms with Gasteiger partial charge in [-0.1, -0.05) is 48.1 Å². The number of carboxylic acid groups (broad SMARTS) is 1. The normalized spacial score (nSPS) is 15.7. The van der Waals surface area contributed by atoms with Gasteiger partial charge in [0.2, 0.25) is 0 Å². The van der Waals surface area contributed by atoms with Gasteiger partial charge in [0, 0.05) is 18.6 Å². The molecule has 0 atom stereocenters. The Labute approximate surface area is 164 Å². The number of nitro benzene ring substituents is 1. The summed E-state index contributed by atoms with van der Waals surface area (Å²) in [5.74, 6) is -1.35. The Balaban J connectivity index is 2.03. The fourth-order valence-electron chi connectivity index (χ4n) is 2.32. The van der Waals surface area contributed by atoms with Crippen molar-refractivity contribution < 1.29 is 19.6 Å². The SMILES string of the molecule is O=C([O-])CCCCCN1C(=O)C(=Cc2ccc(Cl)c([N+](=O)[O-])c2)SC1=S. The first-order valence-corrected chi connectivity index (χ1v) is 9.29. The smallest absolute Gasteiger partial charge is 0.288 e. The van der Waals surface area contributed by atoms with Crippen LogP contribution in [0.1, 0.15) is 31.2 Å². The van der Waals surface area contributed by atoms with E-state index in [9.17, 15) is 24.8 Å². The maximum Gasteiger partial charge on any atom is 0.288 e. The van der Waals surface area contributed by atoms with Gasteiger partial charge >= 0.3 is 0 Å². The Morgan fingerprint density at radius 1 is 1.35 bits per heavy atom. The molecule has 1 aromatic rings. The van der Waals surface area contributed by atoms with E-state index in [1.165, 1.54) is 17.0 Å². The Morgan fingerprint density at radius 2 is 2.08 bits per heavy atom. The minimum atomic E-state index is -1.09. The largest absolute Gasteiger partial charge is 0.550 e. The molecule has 1 aromatic carbocycles. The zero-order valence-corrected chi connectivity index (χ0v) is 15.9. The molecule has 0 aliphatic carbocycles. The summed E-state index contributed by atoms with van der Waals surface area (Å²) in [6.45, 7) is 0.399. The van der Waals surface area contributed by atoms with Crippen molar-refractivity contribution in [2.45, 2.75) is 25.7 Å². The third kappa shape index (κ3) is 5.26. The summed E-state index contributed by atoms with van der Waals surface area (Å²) in [7, 11) is 0. The number of carboxylic acids is 1. The van der Waals surface area contributed by atoms with E-state index in [0.29, 0.717) is 40.6 Å². The highest BCUT2D eigenvalue weighted by atomic mass is 35.5. The zero-order valence-electron chi connectivity index (χ0n) is 13.5. The minimum Gasteiger partial charge on any atom is -0.550 e. The molecule has 0 N–H and O–H groups in total. The maximum atomic E-state index is 12.5. The number of hydrogen-bond acceptors (Lipinski definition) is 7. The summed E-state index contributed by atoms with van der Waals surface area (Å²) in [6, 6.07) is 4.29. The first-order valence-electron chi connectivity index (χ1n) is 7.68. The van der Waals surface area contributed by atoms with Crippen LogP contribution in [0.15, 0.2) is 23.1 Å². The maximum absolute atomic E-state index is 12.5. The van der Waals surface area contributed by atoms with Crippen LogP contribution in [0.3, 0.4) is 0 Å². The molecule has 2 rings (SSSR count). The number of aliphatic carboxylic acids is 1. The molecule has 138 valence electrons. The highest BCUT2D eigenvalue weighted by Gasteiger charge is 2.31. The summed E-state index contributed by atoms with van der Waals surface area (Å²) < 4.78 is 0.407. The van der Waals surface area contributed by atoms with Crippen molar-refractivity contribution in [3.8, 4) is 0 Å². The first kappa shape index (κ1) is 20.3. The van der Waals surface area contributed by atoms with E-state index in [1.807, 2.05) is 0 Å². The minimum absolute atomic E-state index is 0.00631. The molecule has 7 nitrogen and oxygen atoms in total. The van der Waals surface area contributed by atoms with Crippen molar-refractivity contribution in [3.63, 3.8) is 0 Å². The molecular formula is C16H14ClN2O5S2-. The van der Waals surface area contributed by atoms with Crippen LogP contribution in [-0.2, 0) is 9.59 Å². The molecule has 0 spiro atoms. The quantitative estimate of drug-likeness (QED) is 0.212. The van der Waals surface area contributed by atoms with Crippen molar-refractivity contribution in [2.24, 2.45) is 0 Å². The number of unbranched alkanes of at least 4 members (excludes halogenated alkanes) is 2. The van der Waals surface area contributed by atoms with Crippen molar-refractivity contribution in [2.75, 3.05) is 6.54 Å². The summed E-state index contributed by atoms with van der Waals surface area (Å²) in [5, 5.41) is 21.3. The average Bonchev–Trinajstić information content (AvgIpc) is 2.83. The number of benzene rings is 1. The van der Waals surface area contributed by atoms with E-state index in [2.05, 4.69) is 0 Å².